The second kappa shape index (κ2) is 7.45. The van der Waals surface area contributed by atoms with Gasteiger partial charge in [0.2, 0.25) is 0 Å². The van der Waals surface area contributed by atoms with Crippen LogP contribution in [0.5, 0.6) is 0 Å². The highest BCUT2D eigenvalue weighted by atomic mass is 35.5. The third-order valence-electron chi connectivity index (χ3n) is 2.42. The van der Waals surface area contributed by atoms with Crippen molar-refractivity contribution in [1.29, 1.82) is 0 Å². The predicted molar refractivity (Wildman–Crippen MR) is 74.1 cm³/mol. The van der Waals surface area contributed by atoms with E-state index in [2.05, 4.69) is 5.32 Å². The summed E-state index contributed by atoms with van der Waals surface area (Å²) >= 11 is 18.0. The van der Waals surface area contributed by atoms with Crippen LogP contribution in [0.3, 0.4) is 0 Å². The number of benzene rings is 1. The third kappa shape index (κ3) is 5.02. The van der Waals surface area contributed by atoms with E-state index in [0.717, 1.165) is 24.9 Å². The fraction of sp³-hybridized carbons (Fsp3) is 0.500. The molecule has 0 saturated heterocycles. The van der Waals surface area contributed by atoms with Gasteiger partial charge in [0.25, 0.3) is 0 Å². The van der Waals surface area contributed by atoms with Gasteiger partial charge in [-0.15, -0.1) is 0 Å². The maximum absolute atomic E-state index is 9.11. The van der Waals surface area contributed by atoms with Gasteiger partial charge in [-0.3, -0.25) is 0 Å². The fourth-order valence-electron chi connectivity index (χ4n) is 1.47. The maximum atomic E-state index is 9.11. The summed E-state index contributed by atoms with van der Waals surface area (Å²) in [7, 11) is 0. The van der Waals surface area contributed by atoms with E-state index < -0.39 is 0 Å². The first kappa shape index (κ1) is 15.1. The van der Waals surface area contributed by atoms with Crippen molar-refractivity contribution in [3.63, 3.8) is 0 Å². The summed E-state index contributed by atoms with van der Waals surface area (Å²) in [5.74, 6) is 0. The van der Waals surface area contributed by atoms with E-state index in [9.17, 15) is 0 Å². The molecule has 0 aliphatic heterocycles. The third-order valence-corrected chi connectivity index (χ3v) is 3.61. The molecule has 0 aromatic heterocycles. The molecule has 0 amide bonds. The molecule has 0 radical (unpaired) electrons. The fourth-order valence-corrected chi connectivity index (χ4v) is 2.15. The second-order valence-corrected chi connectivity index (χ2v) is 5.18. The minimum Gasteiger partial charge on any atom is -0.393 e. The molecule has 0 bridgehead atoms. The summed E-state index contributed by atoms with van der Waals surface area (Å²) in [4.78, 5) is 0. The Hall–Kier alpha value is 0.01000. The van der Waals surface area contributed by atoms with Gasteiger partial charge in [-0.2, -0.15) is 0 Å². The number of rotatable bonds is 6. The van der Waals surface area contributed by atoms with E-state index >= 15 is 0 Å². The minimum absolute atomic E-state index is 0.254. The number of hydrogen-bond donors (Lipinski definition) is 2. The topological polar surface area (TPSA) is 32.3 Å². The minimum atomic E-state index is -0.254. The molecule has 0 fully saturated rings. The summed E-state index contributed by atoms with van der Waals surface area (Å²) in [6.45, 7) is 3.17. The number of aliphatic hydroxyl groups is 1. The van der Waals surface area contributed by atoms with Crippen LogP contribution in [-0.4, -0.2) is 17.8 Å². The zero-order valence-corrected chi connectivity index (χ0v) is 11.9. The lowest BCUT2D eigenvalue weighted by Gasteiger charge is -2.10. The Morgan fingerprint density at radius 1 is 1.24 bits per heavy atom. The van der Waals surface area contributed by atoms with Crippen molar-refractivity contribution in [2.75, 3.05) is 6.54 Å². The average Bonchev–Trinajstić information content (AvgIpc) is 2.27. The van der Waals surface area contributed by atoms with E-state index in [-0.39, 0.29) is 6.10 Å². The molecule has 17 heavy (non-hydrogen) atoms. The Balaban J connectivity index is 2.44. The predicted octanol–water partition coefficient (Wildman–Crippen LogP) is 3.90. The highest BCUT2D eigenvalue weighted by Gasteiger charge is 2.08. The van der Waals surface area contributed by atoms with E-state index in [1.807, 2.05) is 0 Å². The van der Waals surface area contributed by atoms with Crippen molar-refractivity contribution in [3.8, 4) is 0 Å². The van der Waals surface area contributed by atoms with Crippen LogP contribution in [0.15, 0.2) is 12.1 Å². The standard InChI is InChI=1S/C12H16Cl3NO/c1-8(17)3-2-6-16-7-9-10(13)4-5-11(14)12(9)15/h4-5,8,16-17H,2-3,6-7H2,1H3. The first-order valence-corrected chi connectivity index (χ1v) is 6.67. The van der Waals surface area contributed by atoms with Gasteiger partial charge in [0, 0.05) is 17.1 Å². The summed E-state index contributed by atoms with van der Waals surface area (Å²) in [5, 5.41) is 14.0. The first-order chi connectivity index (χ1) is 8.02. The molecule has 1 rings (SSSR count). The van der Waals surface area contributed by atoms with Crippen LogP contribution in [-0.2, 0) is 6.54 Å². The highest BCUT2D eigenvalue weighted by Crippen LogP contribution is 2.31. The molecule has 96 valence electrons. The molecule has 2 N–H and O–H groups in total. The molecular weight excluding hydrogens is 280 g/mol. The lowest BCUT2D eigenvalue weighted by atomic mass is 10.2. The second-order valence-electron chi connectivity index (χ2n) is 3.99. The molecule has 1 aromatic rings. The van der Waals surface area contributed by atoms with E-state index in [4.69, 9.17) is 39.9 Å². The van der Waals surface area contributed by atoms with Gasteiger partial charge >= 0.3 is 0 Å². The molecule has 0 aliphatic rings. The van der Waals surface area contributed by atoms with Gasteiger partial charge in [-0.05, 0) is 38.4 Å². The quantitative estimate of drug-likeness (QED) is 0.616. The number of aliphatic hydroxyl groups excluding tert-OH is 1. The maximum Gasteiger partial charge on any atom is 0.0652 e. The van der Waals surface area contributed by atoms with Gasteiger partial charge in [-0.25, -0.2) is 0 Å². The Bertz CT molecular complexity index is 369. The average molecular weight is 297 g/mol. The molecule has 2 nitrogen and oxygen atoms in total. The van der Waals surface area contributed by atoms with Gasteiger partial charge in [0.1, 0.15) is 0 Å². The Morgan fingerprint density at radius 2 is 1.88 bits per heavy atom. The van der Waals surface area contributed by atoms with Crippen molar-refractivity contribution < 1.29 is 5.11 Å². The zero-order chi connectivity index (χ0) is 12.8. The molecule has 5 heteroatoms. The van der Waals surface area contributed by atoms with Crippen molar-refractivity contribution >= 4 is 34.8 Å². The highest BCUT2D eigenvalue weighted by molar-refractivity contribution is 6.44. The normalized spacial score (nSPS) is 12.8. The van der Waals surface area contributed by atoms with Crippen LogP contribution >= 0.6 is 34.8 Å². The molecule has 1 atom stereocenters. The van der Waals surface area contributed by atoms with Gasteiger partial charge < -0.3 is 10.4 Å². The lowest BCUT2D eigenvalue weighted by Crippen LogP contribution is -2.16. The Labute approximate surface area is 117 Å². The summed E-state index contributed by atoms with van der Waals surface area (Å²) < 4.78 is 0. The lowest BCUT2D eigenvalue weighted by molar-refractivity contribution is 0.181. The molecule has 0 heterocycles. The van der Waals surface area contributed by atoms with Crippen LogP contribution in [0, 0.1) is 0 Å². The van der Waals surface area contributed by atoms with Gasteiger partial charge in [0.05, 0.1) is 16.1 Å². The SMILES string of the molecule is CC(O)CCCNCc1c(Cl)ccc(Cl)c1Cl. The van der Waals surface area contributed by atoms with E-state index in [1.54, 1.807) is 19.1 Å². The van der Waals surface area contributed by atoms with Crippen LogP contribution in [0.4, 0.5) is 0 Å². The molecule has 1 aromatic carbocycles. The van der Waals surface area contributed by atoms with Crippen molar-refractivity contribution in [3.05, 3.63) is 32.8 Å². The summed E-state index contributed by atoms with van der Waals surface area (Å²) in [5.41, 5.74) is 0.817. The summed E-state index contributed by atoms with van der Waals surface area (Å²) in [6.07, 6.45) is 1.44. The molecule has 0 saturated carbocycles. The number of hydrogen-bond acceptors (Lipinski definition) is 2. The van der Waals surface area contributed by atoms with Gasteiger partial charge in [-0.1, -0.05) is 34.8 Å². The first-order valence-electron chi connectivity index (χ1n) is 5.53. The van der Waals surface area contributed by atoms with Crippen LogP contribution in [0.2, 0.25) is 15.1 Å². The monoisotopic (exact) mass is 295 g/mol. The van der Waals surface area contributed by atoms with Gasteiger partial charge in [0.15, 0.2) is 0 Å². The van der Waals surface area contributed by atoms with Crippen molar-refractivity contribution in [1.82, 2.24) is 5.32 Å². The zero-order valence-electron chi connectivity index (χ0n) is 9.64. The van der Waals surface area contributed by atoms with Crippen LogP contribution < -0.4 is 5.32 Å². The Morgan fingerprint density at radius 3 is 2.53 bits per heavy atom. The molecule has 0 aliphatic carbocycles. The number of halogens is 3. The van der Waals surface area contributed by atoms with Crippen molar-refractivity contribution in [2.45, 2.75) is 32.4 Å². The largest absolute Gasteiger partial charge is 0.393 e. The van der Waals surface area contributed by atoms with Crippen molar-refractivity contribution in [2.24, 2.45) is 0 Å². The Kier molecular flexibility index (Phi) is 6.60. The van der Waals surface area contributed by atoms with E-state index in [1.165, 1.54) is 0 Å². The molecular formula is C12H16Cl3NO. The van der Waals surface area contributed by atoms with E-state index in [0.29, 0.717) is 21.6 Å². The number of nitrogens with one attached hydrogen (secondary N) is 1. The molecule has 1 unspecified atom stereocenters. The van der Waals surface area contributed by atoms with Crippen LogP contribution in [0.1, 0.15) is 25.3 Å². The van der Waals surface area contributed by atoms with Crippen LogP contribution in [0.25, 0.3) is 0 Å². The molecule has 0 spiro atoms. The smallest absolute Gasteiger partial charge is 0.0652 e. The summed E-state index contributed by atoms with van der Waals surface area (Å²) in [6, 6.07) is 3.42.